The molecular formula is C22H41N5O3. The molecule has 0 aromatic heterocycles. The van der Waals surface area contributed by atoms with Crippen molar-refractivity contribution in [3.63, 3.8) is 0 Å². The molecule has 2 unspecified atom stereocenters. The number of nitrogens with one attached hydrogen (secondary N) is 2. The van der Waals surface area contributed by atoms with E-state index in [9.17, 15) is 4.79 Å². The van der Waals surface area contributed by atoms with Crippen LogP contribution in [0.2, 0.25) is 0 Å². The number of piperidine rings is 1. The Morgan fingerprint density at radius 3 is 2.30 bits per heavy atom. The van der Waals surface area contributed by atoms with Crippen LogP contribution in [0.5, 0.6) is 0 Å². The van der Waals surface area contributed by atoms with Crippen molar-refractivity contribution in [1.29, 1.82) is 0 Å². The van der Waals surface area contributed by atoms with Crippen molar-refractivity contribution in [3.8, 4) is 0 Å². The lowest BCUT2D eigenvalue weighted by Crippen LogP contribution is -2.59. The molecule has 3 fully saturated rings. The van der Waals surface area contributed by atoms with Gasteiger partial charge in [-0.1, -0.05) is 0 Å². The average Bonchev–Trinajstić information content (AvgIpc) is 2.95. The van der Waals surface area contributed by atoms with Crippen LogP contribution in [0.15, 0.2) is 4.99 Å². The van der Waals surface area contributed by atoms with E-state index < -0.39 is 5.60 Å². The summed E-state index contributed by atoms with van der Waals surface area (Å²) in [6.45, 7) is 8.23. The van der Waals surface area contributed by atoms with E-state index in [0.717, 1.165) is 64.2 Å². The molecule has 30 heavy (non-hydrogen) atoms. The minimum atomic E-state index is -0.454. The van der Waals surface area contributed by atoms with Gasteiger partial charge >= 0.3 is 6.09 Å². The lowest BCUT2D eigenvalue weighted by molar-refractivity contribution is -0.00519. The molecule has 172 valence electrons. The Kier molecular flexibility index (Phi) is 7.17. The predicted molar refractivity (Wildman–Crippen MR) is 119 cm³/mol. The van der Waals surface area contributed by atoms with Crippen LogP contribution in [0.25, 0.3) is 0 Å². The third-order valence-corrected chi connectivity index (χ3v) is 6.86. The largest absolute Gasteiger partial charge is 0.444 e. The van der Waals surface area contributed by atoms with E-state index in [1.165, 1.54) is 0 Å². The topological polar surface area (TPSA) is 78.4 Å². The van der Waals surface area contributed by atoms with Crippen molar-refractivity contribution in [2.45, 2.75) is 88.6 Å². The summed E-state index contributed by atoms with van der Waals surface area (Å²) >= 11 is 0. The molecule has 0 aromatic carbocycles. The minimum absolute atomic E-state index is 0.0922. The number of hydrogen-bond acceptors (Lipinski definition) is 5. The fourth-order valence-electron chi connectivity index (χ4n) is 5.08. The predicted octanol–water partition coefficient (Wildman–Crippen LogP) is 2.19. The number of fused-ring (bicyclic) bond motifs is 2. The third-order valence-electron chi connectivity index (χ3n) is 6.86. The second-order valence-electron chi connectivity index (χ2n) is 10.2. The Morgan fingerprint density at radius 1 is 1.20 bits per heavy atom. The van der Waals surface area contributed by atoms with E-state index >= 15 is 0 Å². The number of carbonyl (C=O) groups excluding carboxylic acids is 1. The van der Waals surface area contributed by atoms with Crippen molar-refractivity contribution in [2.75, 3.05) is 40.9 Å². The highest BCUT2D eigenvalue weighted by atomic mass is 16.6. The smallest absolute Gasteiger partial charge is 0.410 e. The second kappa shape index (κ2) is 9.30. The first kappa shape index (κ1) is 23.1. The monoisotopic (exact) mass is 423 g/mol. The number of likely N-dealkylation sites (N-methyl/N-ethyl adjacent to an activating group) is 1. The normalized spacial score (nSPS) is 29.1. The van der Waals surface area contributed by atoms with E-state index in [4.69, 9.17) is 9.47 Å². The Balaban J connectivity index is 1.55. The van der Waals surface area contributed by atoms with E-state index in [0.29, 0.717) is 6.04 Å². The van der Waals surface area contributed by atoms with Gasteiger partial charge in [-0.05, 0) is 73.4 Å². The van der Waals surface area contributed by atoms with Crippen LogP contribution in [-0.2, 0) is 9.47 Å². The van der Waals surface area contributed by atoms with Crippen LogP contribution >= 0.6 is 0 Å². The molecule has 0 aromatic rings. The molecule has 0 spiro atoms. The molecule has 0 aliphatic carbocycles. The van der Waals surface area contributed by atoms with E-state index in [1.54, 1.807) is 0 Å². The molecule has 3 aliphatic heterocycles. The highest BCUT2D eigenvalue weighted by Gasteiger charge is 2.45. The summed E-state index contributed by atoms with van der Waals surface area (Å²) in [6.07, 6.45) is 5.84. The van der Waals surface area contributed by atoms with Crippen molar-refractivity contribution in [1.82, 2.24) is 20.4 Å². The maximum Gasteiger partial charge on any atom is 0.410 e. The summed E-state index contributed by atoms with van der Waals surface area (Å²) in [5.41, 5.74) is -0.362. The van der Waals surface area contributed by atoms with Crippen molar-refractivity contribution in [3.05, 3.63) is 0 Å². The van der Waals surface area contributed by atoms with Crippen molar-refractivity contribution in [2.24, 2.45) is 4.99 Å². The lowest BCUT2D eigenvalue weighted by atomic mass is 9.88. The Morgan fingerprint density at radius 2 is 1.80 bits per heavy atom. The highest BCUT2D eigenvalue weighted by Crippen LogP contribution is 2.36. The third kappa shape index (κ3) is 5.38. The molecular weight excluding hydrogens is 382 g/mol. The number of nitrogens with zero attached hydrogens (tertiary/aromatic N) is 3. The van der Waals surface area contributed by atoms with Crippen molar-refractivity contribution >= 4 is 12.1 Å². The molecule has 3 rings (SSSR count). The van der Waals surface area contributed by atoms with Gasteiger partial charge in [0.05, 0.1) is 0 Å². The average molecular weight is 424 g/mol. The lowest BCUT2D eigenvalue weighted by Gasteiger charge is -2.43. The van der Waals surface area contributed by atoms with E-state index in [1.807, 2.05) is 32.7 Å². The molecule has 0 radical (unpaired) electrons. The molecule has 8 nitrogen and oxygen atoms in total. The van der Waals surface area contributed by atoms with Crippen LogP contribution in [-0.4, -0.2) is 92.0 Å². The minimum Gasteiger partial charge on any atom is -0.444 e. The Labute approximate surface area is 181 Å². The summed E-state index contributed by atoms with van der Waals surface area (Å²) in [7, 11) is 6.12. The van der Waals surface area contributed by atoms with Gasteiger partial charge < -0.3 is 29.9 Å². The second-order valence-corrected chi connectivity index (χ2v) is 10.2. The summed E-state index contributed by atoms with van der Waals surface area (Å²) in [6, 6.07) is 0.813. The molecule has 2 atom stereocenters. The molecule has 0 saturated carbocycles. The first-order valence-corrected chi connectivity index (χ1v) is 11.4. The standard InChI is InChI=1S/C22H41N5O3/c1-21(2,3)30-20(28)27-17-7-8-18(27)14-16(13-17)25-19(23-4)24-15-22(26(5)6)9-11-29-12-10-22/h16-18H,7-15H2,1-6H3,(H2,23,24,25). The van der Waals surface area contributed by atoms with Crippen molar-refractivity contribution < 1.29 is 14.3 Å². The number of amides is 1. The number of ether oxygens (including phenoxy) is 2. The molecule has 2 bridgehead atoms. The van der Waals surface area contributed by atoms with Gasteiger partial charge in [-0.25, -0.2) is 4.79 Å². The van der Waals surface area contributed by atoms with E-state index in [2.05, 4.69) is 34.6 Å². The molecule has 3 saturated heterocycles. The summed E-state index contributed by atoms with van der Waals surface area (Å²) in [5.74, 6) is 0.845. The van der Waals surface area contributed by atoms with Crippen LogP contribution in [0.1, 0.15) is 59.3 Å². The zero-order valence-corrected chi connectivity index (χ0v) is 19.7. The number of aliphatic imine (C=N–C) groups is 1. The molecule has 3 aliphatic rings. The summed E-state index contributed by atoms with van der Waals surface area (Å²) < 4.78 is 11.2. The van der Waals surface area contributed by atoms with Crippen LogP contribution in [0, 0.1) is 0 Å². The molecule has 1 amide bonds. The van der Waals surface area contributed by atoms with E-state index in [-0.39, 0.29) is 23.7 Å². The fourth-order valence-corrected chi connectivity index (χ4v) is 5.08. The van der Waals surface area contributed by atoms with Crippen LogP contribution in [0.3, 0.4) is 0 Å². The van der Waals surface area contributed by atoms with Gasteiger partial charge in [-0.2, -0.15) is 0 Å². The highest BCUT2D eigenvalue weighted by molar-refractivity contribution is 5.80. The number of carbonyl (C=O) groups is 1. The van der Waals surface area contributed by atoms with Gasteiger partial charge in [0, 0.05) is 50.5 Å². The summed E-state index contributed by atoms with van der Waals surface area (Å²) in [4.78, 5) is 21.4. The fraction of sp³-hybridized carbons (Fsp3) is 0.909. The molecule has 3 heterocycles. The SMILES string of the molecule is CN=C(NCC1(N(C)C)CCOCC1)NC1CC2CCC(C1)N2C(=O)OC(C)(C)C. The zero-order chi connectivity index (χ0) is 21.9. The van der Waals surface area contributed by atoms with Gasteiger partial charge in [-0.15, -0.1) is 0 Å². The van der Waals surface area contributed by atoms with Gasteiger partial charge in [0.2, 0.25) is 0 Å². The Bertz CT molecular complexity index is 611. The van der Waals surface area contributed by atoms with Gasteiger partial charge in [0.25, 0.3) is 0 Å². The maximum absolute atomic E-state index is 12.7. The van der Waals surface area contributed by atoms with Crippen LogP contribution in [0.4, 0.5) is 4.79 Å². The molecule has 8 heteroatoms. The number of guanidine groups is 1. The first-order valence-electron chi connectivity index (χ1n) is 11.4. The molecule has 2 N–H and O–H groups in total. The maximum atomic E-state index is 12.7. The van der Waals surface area contributed by atoms with Gasteiger partial charge in [0.1, 0.15) is 5.60 Å². The first-order chi connectivity index (χ1) is 14.1. The Hall–Kier alpha value is -1.54. The quantitative estimate of drug-likeness (QED) is 0.533. The van der Waals surface area contributed by atoms with Crippen LogP contribution < -0.4 is 10.6 Å². The van der Waals surface area contributed by atoms with Gasteiger partial charge in [-0.3, -0.25) is 4.99 Å². The zero-order valence-electron chi connectivity index (χ0n) is 19.7. The van der Waals surface area contributed by atoms with Gasteiger partial charge in [0.15, 0.2) is 5.96 Å². The summed E-state index contributed by atoms with van der Waals surface area (Å²) in [5, 5.41) is 7.18. The number of rotatable bonds is 4. The number of hydrogen-bond donors (Lipinski definition) is 2.